The van der Waals surface area contributed by atoms with Gasteiger partial charge in [-0.05, 0) is 77.0 Å². The molecule has 0 amide bonds. The third-order valence-corrected chi connectivity index (χ3v) is 14.3. The minimum absolute atomic E-state index is 0. The zero-order valence-electron chi connectivity index (χ0n) is 16.4. The van der Waals surface area contributed by atoms with Crippen molar-refractivity contribution in [3.63, 3.8) is 0 Å². The number of hydrogen-bond acceptors (Lipinski definition) is 3. The number of hydrogen-bond donors (Lipinski definition) is 0. The molecule has 0 aromatic rings. The Hall–Kier alpha value is 0.792. The molecule has 9 heteroatoms. The summed E-state index contributed by atoms with van der Waals surface area (Å²) in [4.78, 5) is 0. The van der Waals surface area contributed by atoms with E-state index in [-0.39, 0.29) is 37.4 Å². The molecule has 0 heterocycles. The van der Waals surface area contributed by atoms with Crippen LogP contribution in [0.2, 0.25) is 0 Å². The van der Waals surface area contributed by atoms with Crippen LogP contribution in [0.1, 0.15) is 96.3 Å². The van der Waals surface area contributed by atoms with Crippen LogP contribution < -0.4 is 0 Å². The summed E-state index contributed by atoms with van der Waals surface area (Å²) in [6.07, 6.45) is 14.3. The monoisotopic (exact) mass is 535 g/mol. The van der Waals surface area contributed by atoms with Crippen molar-refractivity contribution in [3.05, 3.63) is 0 Å². The summed E-state index contributed by atoms with van der Waals surface area (Å²) in [7, 11) is -8.30. The molecule has 3 saturated carbocycles. The molecule has 3 fully saturated rings. The average molecular weight is 536 g/mol. The second kappa shape index (κ2) is 10.4. The van der Waals surface area contributed by atoms with E-state index in [1.54, 1.807) is 0 Å². The van der Waals surface area contributed by atoms with Crippen LogP contribution >= 0.6 is 7.49 Å². The van der Waals surface area contributed by atoms with E-state index in [2.05, 4.69) is 0 Å². The summed E-state index contributed by atoms with van der Waals surface area (Å²) >= 11 is 0. The summed E-state index contributed by atoms with van der Waals surface area (Å²) in [5, 5.41) is 0. The zero-order valence-corrected chi connectivity index (χ0v) is 19.6. The SMILES string of the molecule is O=S(=O)(O[P+](C1CCCCC1)(C1CCCCC1)C1CCCCC1)C(F)(F)F.[Pd]. The molecule has 3 aliphatic carbocycles. The maximum Gasteiger partial charge on any atom is 0.526 e. The standard InChI is InChI=1S/C19H33F3O3PS.Pd/c20-19(21,22)27(23,24)25-26(16-10-4-1-5-11-16,17-12-6-2-7-13-17)18-14-8-3-9-15-18;/h16-18H,1-15H2;/q+1;. The summed E-state index contributed by atoms with van der Waals surface area (Å²) in [5.41, 5.74) is -5.21. The Morgan fingerprint density at radius 1 is 0.643 bits per heavy atom. The zero-order chi connectivity index (χ0) is 19.5. The predicted molar refractivity (Wildman–Crippen MR) is 104 cm³/mol. The van der Waals surface area contributed by atoms with Crippen LogP contribution in [-0.4, -0.2) is 30.9 Å². The van der Waals surface area contributed by atoms with Crippen LogP contribution in [-0.2, 0) is 34.5 Å². The topological polar surface area (TPSA) is 43.4 Å². The van der Waals surface area contributed by atoms with Crippen molar-refractivity contribution in [3.8, 4) is 0 Å². The summed E-state index contributed by atoms with van der Waals surface area (Å²) in [5.74, 6) is 0. The van der Waals surface area contributed by atoms with E-state index < -0.39 is 23.1 Å². The maximum atomic E-state index is 13.4. The molecule has 0 bridgehead atoms. The van der Waals surface area contributed by atoms with Gasteiger partial charge in [-0.15, -0.1) is 3.97 Å². The first kappa shape index (κ1) is 25.1. The first-order valence-electron chi connectivity index (χ1n) is 10.7. The van der Waals surface area contributed by atoms with Gasteiger partial charge in [-0.3, -0.25) is 0 Å². The van der Waals surface area contributed by atoms with Crippen LogP contribution in [0.3, 0.4) is 0 Å². The molecule has 0 aromatic carbocycles. The first-order valence-corrected chi connectivity index (χ1v) is 14.0. The Labute approximate surface area is 182 Å². The quantitative estimate of drug-likeness (QED) is 0.221. The van der Waals surface area contributed by atoms with E-state index in [4.69, 9.17) is 3.97 Å². The van der Waals surface area contributed by atoms with Crippen molar-refractivity contribution < 1.29 is 46.0 Å². The molecule has 28 heavy (non-hydrogen) atoms. The Morgan fingerprint density at radius 3 is 1.18 bits per heavy atom. The molecule has 3 aliphatic rings. The van der Waals surface area contributed by atoms with Crippen molar-refractivity contribution >= 4 is 17.6 Å². The van der Waals surface area contributed by atoms with Gasteiger partial charge < -0.3 is 0 Å². The van der Waals surface area contributed by atoms with Crippen molar-refractivity contribution in [1.29, 1.82) is 0 Å². The van der Waals surface area contributed by atoms with E-state index in [1.165, 1.54) is 0 Å². The molecule has 0 aromatic heterocycles. The largest absolute Gasteiger partial charge is 0.526 e. The van der Waals surface area contributed by atoms with E-state index in [0.717, 1.165) is 96.3 Å². The third-order valence-electron chi connectivity index (χ3n) is 6.95. The third kappa shape index (κ3) is 5.34. The number of alkyl halides is 3. The van der Waals surface area contributed by atoms with E-state index >= 15 is 0 Å². The van der Waals surface area contributed by atoms with Crippen molar-refractivity contribution in [2.24, 2.45) is 0 Å². The van der Waals surface area contributed by atoms with Crippen LogP contribution in [0.15, 0.2) is 0 Å². The van der Waals surface area contributed by atoms with Gasteiger partial charge in [0.25, 0.3) is 0 Å². The van der Waals surface area contributed by atoms with Gasteiger partial charge in [0.2, 0.25) is 0 Å². The van der Waals surface area contributed by atoms with Crippen LogP contribution in [0.4, 0.5) is 13.2 Å². The smallest absolute Gasteiger partial charge is 0.186 e. The van der Waals surface area contributed by atoms with Gasteiger partial charge in [0, 0.05) is 20.4 Å². The van der Waals surface area contributed by atoms with E-state index in [9.17, 15) is 21.6 Å². The van der Waals surface area contributed by atoms with E-state index in [1.807, 2.05) is 0 Å². The van der Waals surface area contributed by atoms with Crippen molar-refractivity contribution in [2.75, 3.05) is 0 Å². The van der Waals surface area contributed by atoms with Gasteiger partial charge in [0.15, 0.2) is 7.49 Å². The Balaban J connectivity index is 0.00000280. The Bertz CT molecular complexity index is 536. The van der Waals surface area contributed by atoms with Crippen LogP contribution in [0.25, 0.3) is 0 Å². The first-order chi connectivity index (χ1) is 12.8. The van der Waals surface area contributed by atoms with Crippen molar-refractivity contribution in [1.82, 2.24) is 0 Å². The minimum atomic E-state index is -5.55. The van der Waals surface area contributed by atoms with E-state index in [0.29, 0.717) is 0 Å². The van der Waals surface area contributed by atoms with Gasteiger partial charge in [-0.25, -0.2) is 0 Å². The van der Waals surface area contributed by atoms with Crippen molar-refractivity contribution in [2.45, 2.75) is 119 Å². The molecule has 0 spiro atoms. The van der Waals surface area contributed by atoms with Gasteiger partial charge in [-0.1, -0.05) is 19.3 Å². The molecule has 3 nitrogen and oxygen atoms in total. The molecule has 0 aliphatic heterocycles. The van der Waals surface area contributed by atoms with Crippen LogP contribution in [0, 0.1) is 0 Å². The average Bonchev–Trinajstić information content (AvgIpc) is 2.67. The molecule has 0 saturated heterocycles. The fraction of sp³-hybridized carbons (Fsp3) is 1.00. The molecular weight excluding hydrogens is 503 g/mol. The number of rotatable bonds is 5. The fourth-order valence-corrected chi connectivity index (χ4v) is 14.2. The summed E-state index contributed by atoms with van der Waals surface area (Å²) in [6, 6.07) is 0. The second-order valence-electron chi connectivity index (χ2n) is 8.61. The van der Waals surface area contributed by atoms with Gasteiger partial charge in [0.05, 0.1) is 17.0 Å². The molecule has 0 unspecified atom stereocenters. The Kier molecular flexibility index (Phi) is 9.31. The maximum absolute atomic E-state index is 13.4. The molecule has 3 rings (SSSR count). The fourth-order valence-electron chi connectivity index (χ4n) is 5.74. The predicted octanol–water partition coefficient (Wildman–Crippen LogP) is 6.78. The summed E-state index contributed by atoms with van der Waals surface area (Å²) < 4.78 is 70.2. The molecular formula is C19H33F3O3PPdS+. The van der Waals surface area contributed by atoms with Gasteiger partial charge >= 0.3 is 15.6 Å². The molecule has 168 valence electrons. The second-order valence-corrected chi connectivity index (χ2v) is 14.3. The van der Waals surface area contributed by atoms with Gasteiger partial charge in [0.1, 0.15) is 0 Å². The molecule has 0 N–H and O–H groups in total. The minimum Gasteiger partial charge on any atom is -0.186 e. The Morgan fingerprint density at radius 2 is 0.929 bits per heavy atom. The molecule has 0 radical (unpaired) electrons. The normalized spacial score (nSPS) is 24.7. The molecule has 0 atom stereocenters. The number of halogens is 3. The van der Waals surface area contributed by atoms with Crippen LogP contribution in [0.5, 0.6) is 0 Å². The summed E-state index contributed by atoms with van der Waals surface area (Å²) in [6.45, 7) is 0. The van der Waals surface area contributed by atoms with Gasteiger partial charge in [-0.2, -0.15) is 21.6 Å².